The van der Waals surface area contributed by atoms with Crippen LogP contribution in [-0.2, 0) is 9.59 Å². The molecule has 0 aromatic carbocycles. The third kappa shape index (κ3) is 4.82. The van der Waals surface area contributed by atoms with Gasteiger partial charge in [-0.15, -0.1) is 12.4 Å². The number of hydrogen-bond donors (Lipinski definition) is 2. The number of halogens is 1. The van der Waals surface area contributed by atoms with E-state index in [9.17, 15) is 9.59 Å². The molecule has 1 heterocycles. The normalized spacial score (nSPS) is 22.5. The summed E-state index contributed by atoms with van der Waals surface area (Å²) in [4.78, 5) is 24.9. The van der Waals surface area contributed by atoms with Gasteiger partial charge in [0.1, 0.15) is 0 Å². The first-order valence-corrected chi connectivity index (χ1v) is 6.25. The molecule has 5 nitrogen and oxygen atoms in total. The molecular weight excluding hydrogens is 254 g/mol. The van der Waals surface area contributed by atoms with Gasteiger partial charge in [0, 0.05) is 19.5 Å². The maximum atomic E-state index is 11.8. The molecule has 0 radical (unpaired) electrons. The zero-order valence-electron chi connectivity index (χ0n) is 11.2. The number of carbonyl (C=O) groups is 2. The highest BCUT2D eigenvalue weighted by Gasteiger charge is 2.34. The quantitative estimate of drug-likeness (QED) is 0.769. The molecule has 1 rings (SSSR count). The number of nitrogens with zero attached hydrogens (tertiary/aromatic N) is 1. The highest BCUT2D eigenvalue weighted by molar-refractivity contribution is 5.85. The molecule has 0 aromatic rings. The third-order valence-corrected chi connectivity index (χ3v) is 3.32. The molecule has 2 amide bonds. The molecule has 3 N–H and O–H groups in total. The van der Waals surface area contributed by atoms with Gasteiger partial charge in [-0.2, -0.15) is 0 Å². The molecule has 0 saturated carbocycles. The zero-order chi connectivity index (χ0) is 12.9. The van der Waals surface area contributed by atoms with Crippen LogP contribution in [0.4, 0.5) is 0 Å². The van der Waals surface area contributed by atoms with Gasteiger partial charge in [-0.05, 0) is 24.8 Å². The van der Waals surface area contributed by atoms with Crippen molar-refractivity contribution in [3.8, 4) is 0 Å². The minimum Gasteiger partial charge on any atom is -0.347 e. The van der Waals surface area contributed by atoms with Crippen LogP contribution in [0.5, 0.6) is 0 Å². The van der Waals surface area contributed by atoms with Crippen LogP contribution in [0.15, 0.2) is 0 Å². The number of hydrogen-bond acceptors (Lipinski definition) is 3. The maximum Gasteiger partial charge on any atom is 0.241 e. The van der Waals surface area contributed by atoms with Gasteiger partial charge >= 0.3 is 0 Å². The first-order valence-electron chi connectivity index (χ1n) is 6.25. The molecule has 0 aliphatic carbocycles. The second kappa shape index (κ2) is 7.59. The second-order valence-electron chi connectivity index (χ2n) is 5.11. The minimum absolute atomic E-state index is 0. The van der Waals surface area contributed by atoms with E-state index in [-0.39, 0.29) is 36.2 Å². The summed E-state index contributed by atoms with van der Waals surface area (Å²) >= 11 is 0. The molecule has 1 fully saturated rings. The topological polar surface area (TPSA) is 75.4 Å². The summed E-state index contributed by atoms with van der Waals surface area (Å²) in [7, 11) is 0. The van der Waals surface area contributed by atoms with E-state index in [1.165, 1.54) is 0 Å². The summed E-state index contributed by atoms with van der Waals surface area (Å²) in [5.41, 5.74) is 5.73. The van der Waals surface area contributed by atoms with E-state index >= 15 is 0 Å². The fourth-order valence-corrected chi connectivity index (χ4v) is 2.00. The molecule has 0 spiro atoms. The van der Waals surface area contributed by atoms with Crippen molar-refractivity contribution >= 4 is 24.2 Å². The number of rotatable bonds is 5. The van der Waals surface area contributed by atoms with E-state index in [1.54, 1.807) is 4.90 Å². The second-order valence-corrected chi connectivity index (χ2v) is 5.11. The average molecular weight is 278 g/mol. The minimum atomic E-state index is -0.0540. The van der Waals surface area contributed by atoms with Crippen molar-refractivity contribution in [3.05, 3.63) is 0 Å². The molecule has 1 saturated heterocycles. The monoisotopic (exact) mass is 277 g/mol. The Morgan fingerprint density at radius 3 is 2.61 bits per heavy atom. The molecule has 6 heteroatoms. The first kappa shape index (κ1) is 17.2. The standard InChI is InChI=1S/C12H23N3O2.ClH/c1-3-4-10(16)14-7-11(17)15-6-5-12(2,8-13)9-15;/h3-9,13H2,1-2H3,(H,14,16);1H. The summed E-state index contributed by atoms with van der Waals surface area (Å²) in [6.45, 7) is 6.19. The van der Waals surface area contributed by atoms with Crippen molar-refractivity contribution in [1.29, 1.82) is 0 Å². The first-order chi connectivity index (χ1) is 8.00. The van der Waals surface area contributed by atoms with Crippen LogP contribution in [-0.4, -0.2) is 42.9 Å². The summed E-state index contributed by atoms with van der Waals surface area (Å²) in [6.07, 6.45) is 2.22. The Hall–Kier alpha value is -0.810. The number of nitrogens with one attached hydrogen (secondary N) is 1. The van der Waals surface area contributed by atoms with Crippen molar-refractivity contribution < 1.29 is 9.59 Å². The van der Waals surface area contributed by atoms with Gasteiger partial charge in [-0.25, -0.2) is 0 Å². The third-order valence-electron chi connectivity index (χ3n) is 3.32. The van der Waals surface area contributed by atoms with E-state index in [2.05, 4.69) is 12.2 Å². The van der Waals surface area contributed by atoms with Crippen molar-refractivity contribution in [2.45, 2.75) is 33.1 Å². The molecule has 106 valence electrons. The molecule has 1 aliphatic rings. The van der Waals surface area contributed by atoms with Gasteiger partial charge < -0.3 is 16.0 Å². The van der Waals surface area contributed by atoms with Crippen molar-refractivity contribution in [2.24, 2.45) is 11.1 Å². The highest BCUT2D eigenvalue weighted by Crippen LogP contribution is 2.28. The molecule has 1 aliphatic heterocycles. The summed E-state index contributed by atoms with van der Waals surface area (Å²) in [5.74, 6) is -0.0618. The lowest BCUT2D eigenvalue weighted by Gasteiger charge is -2.22. The van der Waals surface area contributed by atoms with Crippen LogP contribution < -0.4 is 11.1 Å². The van der Waals surface area contributed by atoms with Gasteiger partial charge in [0.05, 0.1) is 6.54 Å². The predicted octanol–water partition coefficient (Wildman–Crippen LogP) is 0.522. The molecule has 0 aromatic heterocycles. The Bertz CT molecular complexity index is 299. The lowest BCUT2D eigenvalue weighted by Crippen LogP contribution is -2.40. The molecule has 0 bridgehead atoms. The van der Waals surface area contributed by atoms with Crippen LogP contribution >= 0.6 is 12.4 Å². The summed E-state index contributed by atoms with van der Waals surface area (Å²) < 4.78 is 0. The number of likely N-dealkylation sites (tertiary alicyclic amines) is 1. The maximum absolute atomic E-state index is 11.8. The van der Waals surface area contributed by atoms with E-state index in [4.69, 9.17) is 5.73 Å². The Morgan fingerprint density at radius 2 is 2.11 bits per heavy atom. The lowest BCUT2D eigenvalue weighted by molar-refractivity contribution is -0.132. The van der Waals surface area contributed by atoms with Crippen LogP contribution in [0.1, 0.15) is 33.1 Å². The Kier molecular flexibility index (Phi) is 7.25. The van der Waals surface area contributed by atoms with Gasteiger partial charge in [0.15, 0.2) is 0 Å². The van der Waals surface area contributed by atoms with Crippen LogP contribution in [0.25, 0.3) is 0 Å². The summed E-state index contributed by atoms with van der Waals surface area (Å²) in [6, 6.07) is 0. The van der Waals surface area contributed by atoms with Gasteiger partial charge in [0.25, 0.3) is 0 Å². The van der Waals surface area contributed by atoms with E-state index < -0.39 is 0 Å². The number of amides is 2. The van der Waals surface area contributed by atoms with E-state index in [0.29, 0.717) is 19.5 Å². The fourth-order valence-electron chi connectivity index (χ4n) is 2.00. The molecule has 1 unspecified atom stereocenters. The van der Waals surface area contributed by atoms with Crippen LogP contribution in [0.3, 0.4) is 0 Å². The SMILES string of the molecule is CCCC(=O)NCC(=O)N1CCC(C)(CN)C1.Cl. The Labute approximate surface area is 115 Å². The zero-order valence-corrected chi connectivity index (χ0v) is 12.0. The van der Waals surface area contributed by atoms with E-state index in [1.807, 2.05) is 6.92 Å². The Morgan fingerprint density at radius 1 is 1.44 bits per heavy atom. The molecule has 18 heavy (non-hydrogen) atoms. The van der Waals surface area contributed by atoms with Crippen molar-refractivity contribution in [2.75, 3.05) is 26.2 Å². The average Bonchev–Trinajstić information content (AvgIpc) is 2.70. The van der Waals surface area contributed by atoms with Crippen molar-refractivity contribution in [1.82, 2.24) is 10.2 Å². The fraction of sp³-hybridized carbons (Fsp3) is 0.833. The van der Waals surface area contributed by atoms with Gasteiger partial charge in [-0.1, -0.05) is 13.8 Å². The van der Waals surface area contributed by atoms with Crippen LogP contribution in [0, 0.1) is 5.41 Å². The van der Waals surface area contributed by atoms with Crippen molar-refractivity contribution in [3.63, 3.8) is 0 Å². The highest BCUT2D eigenvalue weighted by atomic mass is 35.5. The van der Waals surface area contributed by atoms with E-state index in [0.717, 1.165) is 19.4 Å². The van der Waals surface area contributed by atoms with Gasteiger partial charge in [-0.3, -0.25) is 9.59 Å². The Balaban J connectivity index is 0.00000289. The molecular formula is C12H24ClN3O2. The predicted molar refractivity (Wildman–Crippen MR) is 73.5 cm³/mol. The van der Waals surface area contributed by atoms with Crippen LogP contribution in [0.2, 0.25) is 0 Å². The molecule has 1 atom stereocenters. The smallest absolute Gasteiger partial charge is 0.241 e. The van der Waals surface area contributed by atoms with Gasteiger partial charge in [0.2, 0.25) is 11.8 Å². The number of carbonyl (C=O) groups excluding carboxylic acids is 2. The summed E-state index contributed by atoms with van der Waals surface area (Å²) in [5, 5.41) is 2.64. The largest absolute Gasteiger partial charge is 0.347 e. The number of nitrogens with two attached hydrogens (primary N) is 1. The lowest BCUT2D eigenvalue weighted by atomic mass is 9.90.